The third-order valence-electron chi connectivity index (χ3n) is 4.84. The van der Waals surface area contributed by atoms with Crippen LogP contribution in [0.3, 0.4) is 0 Å². The topological polar surface area (TPSA) is 34.1 Å². The van der Waals surface area contributed by atoms with Crippen LogP contribution in [-0.2, 0) is 9.84 Å². The highest BCUT2D eigenvalue weighted by molar-refractivity contribution is 7.91. The lowest BCUT2D eigenvalue weighted by Crippen LogP contribution is -2.06. The summed E-state index contributed by atoms with van der Waals surface area (Å²) in [5, 5.41) is 1.27. The number of hydrogen-bond donors (Lipinski definition) is 0. The first-order valence-corrected chi connectivity index (χ1v) is 12.1. The minimum Gasteiger partial charge on any atom is -0.218 e. The van der Waals surface area contributed by atoms with E-state index in [1.807, 2.05) is 0 Å². The molecule has 31 heavy (non-hydrogen) atoms. The van der Waals surface area contributed by atoms with Gasteiger partial charge < -0.3 is 0 Å². The zero-order valence-corrected chi connectivity index (χ0v) is 19.7. The summed E-state index contributed by atoms with van der Waals surface area (Å²) in [4.78, 5) is 0.231. The third-order valence-corrected chi connectivity index (χ3v) is 8.34. The molecule has 0 saturated carbocycles. The number of benzene rings is 4. The Kier molecular flexibility index (Phi) is 6.34. The van der Waals surface area contributed by atoms with E-state index in [4.69, 9.17) is 46.4 Å². The molecule has 0 aromatic heterocycles. The van der Waals surface area contributed by atoms with E-state index in [2.05, 4.69) is 0 Å². The molecule has 0 saturated heterocycles. The maximum Gasteiger partial charge on any atom is 0.207 e. The van der Waals surface area contributed by atoms with Crippen molar-refractivity contribution in [3.63, 3.8) is 0 Å². The van der Waals surface area contributed by atoms with Crippen LogP contribution in [0.1, 0.15) is 0 Å². The molecule has 0 N–H and O–H groups in total. The summed E-state index contributed by atoms with van der Waals surface area (Å²) >= 11 is 25.2. The van der Waals surface area contributed by atoms with Gasteiger partial charge in [0.2, 0.25) is 9.84 Å². The summed E-state index contributed by atoms with van der Waals surface area (Å²) in [6.45, 7) is 0. The Hall–Kier alpha value is -2.01. The number of sulfone groups is 1. The lowest BCUT2D eigenvalue weighted by Gasteiger charge is -2.16. The van der Waals surface area contributed by atoms with Crippen molar-refractivity contribution in [2.75, 3.05) is 0 Å². The Morgan fingerprint density at radius 2 is 0.806 bits per heavy atom. The van der Waals surface area contributed by atoms with Crippen LogP contribution in [0.25, 0.3) is 22.3 Å². The van der Waals surface area contributed by atoms with Crippen LogP contribution < -0.4 is 0 Å². The van der Waals surface area contributed by atoms with Crippen molar-refractivity contribution < 1.29 is 8.42 Å². The molecular weight excluding hydrogens is 494 g/mol. The summed E-state index contributed by atoms with van der Waals surface area (Å²) in [5.41, 5.74) is 1.99. The van der Waals surface area contributed by atoms with Gasteiger partial charge in [-0.25, -0.2) is 8.42 Å². The van der Waals surface area contributed by atoms with E-state index in [1.54, 1.807) is 84.9 Å². The van der Waals surface area contributed by atoms with E-state index in [0.717, 1.165) is 0 Å². The van der Waals surface area contributed by atoms with Gasteiger partial charge in [0.15, 0.2) is 0 Å². The highest BCUT2D eigenvalue weighted by Gasteiger charge is 2.26. The van der Waals surface area contributed by atoms with Crippen LogP contribution in [0.15, 0.2) is 94.7 Å². The molecule has 0 fully saturated rings. The Morgan fingerprint density at radius 1 is 0.452 bits per heavy atom. The van der Waals surface area contributed by atoms with Gasteiger partial charge in [0.05, 0.1) is 29.9 Å². The van der Waals surface area contributed by atoms with Crippen LogP contribution in [-0.4, -0.2) is 8.42 Å². The number of halogens is 4. The minimum absolute atomic E-state index is 0.116. The average Bonchev–Trinajstić information content (AvgIpc) is 2.77. The Morgan fingerprint density at radius 3 is 1.23 bits per heavy atom. The quantitative estimate of drug-likeness (QED) is 0.277. The summed E-state index contributed by atoms with van der Waals surface area (Å²) in [7, 11) is -3.96. The van der Waals surface area contributed by atoms with E-state index in [0.29, 0.717) is 32.3 Å². The van der Waals surface area contributed by atoms with Crippen LogP contribution in [0.2, 0.25) is 20.1 Å². The molecule has 0 heterocycles. The fourth-order valence-electron chi connectivity index (χ4n) is 3.39. The minimum atomic E-state index is -3.96. The standard InChI is InChI=1S/C24H14Cl4O2S/c25-19-11-5-9-17(23(19)27)15-7-1-3-13-21(15)31(29,30)22-14-4-2-8-16(22)18-10-6-12-20(26)24(18)28/h1-14H. The molecule has 2 nitrogen and oxygen atoms in total. The highest BCUT2D eigenvalue weighted by Crippen LogP contribution is 2.42. The van der Waals surface area contributed by atoms with Crippen LogP contribution in [0, 0.1) is 0 Å². The maximum atomic E-state index is 13.9. The van der Waals surface area contributed by atoms with Gasteiger partial charge in [0.25, 0.3) is 0 Å². The lowest BCUT2D eigenvalue weighted by atomic mass is 10.1. The Bertz CT molecular complexity index is 1300. The second-order valence-electron chi connectivity index (χ2n) is 6.70. The zero-order valence-electron chi connectivity index (χ0n) is 15.8. The second kappa shape index (κ2) is 8.85. The zero-order chi connectivity index (χ0) is 22.2. The third kappa shape index (κ3) is 4.09. The summed E-state index contributed by atoms with van der Waals surface area (Å²) in [6.07, 6.45) is 0. The van der Waals surface area contributed by atoms with Crippen LogP contribution in [0.5, 0.6) is 0 Å². The molecule has 0 spiro atoms. The summed E-state index contributed by atoms with van der Waals surface area (Å²) < 4.78 is 27.7. The normalized spacial score (nSPS) is 11.5. The van der Waals surface area contributed by atoms with Crippen molar-refractivity contribution in [3.8, 4) is 22.3 Å². The van der Waals surface area contributed by atoms with Crippen molar-refractivity contribution in [2.24, 2.45) is 0 Å². The van der Waals surface area contributed by atoms with E-state index in [-0.39, 0.29) is 19.8 Å². The van der Waals surface area contributed by atoms with Gasteiger partial charge in [0.1, 0.15) is 0 Å². The van der Waals surface area contributed by atoms with E-state index in [1.165, 1.54) is 0 Å². The smallest absolute Gasteiger partial charge is 0.207 e. The molecule has 0 bridgehead atoms. The van der Waals surface area contributed by atoms with Gasteiger partial charge in [-0.3, -0.25) is 0 Å². The molecule has 0 aliphatic rings. The summed E-state index contributed by atoms with van der Waals surface area (Å²) in [6, 6.07) is 23.6. The van der Waals surface area contributed by atoms with Crippen molar-refractivity contribution in [1.82, 2.24) is 0 Å². The van der Waals surface area contributed by atoms with E-state index < -0.39 is 9.84 Å². The van der Waals surface area contributed by atoms with E-state index in [9.17, 15) is 8.42 Å². The number of hydrogen-bond acceptors (Lipinski definition) is 2. The second-order valence-corrected chi connectivity index (χ2v) is 10.2. The molecule has 156 valence electrons. The Balaban J connectivity index is 1.97. The Labute approximate surface area is 200 Å². The molecule has 0 amide bonds. The predicted molar refractivity (Wildman–Crippen MR) is 129 cm³/mol. The molecule has 0 aliphatic carbocycles. The molecule has 4 aromatic carbocycles. The fraction of sp³-hybridized carbons (Fsp3) is 0. The first-order chi connectivity index (χ1) is 14.8. The van der Waals surface area contributed by atoms with Crippen LogP contribution in [0.4, 0.5) is 0 Å². The van der Waals surface area contributed by atoms with Crippen LogP contribution >= 0.6 is 46.4 Å². The molecule has 0 radical (unpaired) electrons. The average molecular weight is 508 g/mol. The van der Waals surface area contributed by atoms with Crippen molar-refractivity contribution in [1.29, 1.82) is 0 Å². The van der Waals surface area contributed by atoms with Crippen molar-refractivity contribution in [2.45, 2.75) is 9.79 Å². The molecule has 0 aliphatic heterocycles. The highest BCUT2D eigenvalue weighted by atomic mass is 35.5. The molecular formula is C24H14Cl4O2S. The largest absolute Gasteiger partial charge is 0.218 e. The van der Waals surface area contributed by atoms with Crippen molar-refractivity contribution >= 4 is 56.2 Å². The predicted octanol–water partition coefficient (Wildman–Crippen LogP) is 8.47. The molecule has 4 rings (SSSR count). The molecule has 0 atom stereocenters. The molecule has 0 unspecified atom stereocenters. The fourth-order valence-corrected chi connectivity index (χ4v) is 5.88. The van der Waals surface area contributed by atoms with Gasteiger partial charge >= 0.3 is 0 Å². The van der Waals surface area contributed by atoms with Gasteiger partial charge in [-0.05, 0) is 24.3 Å². The summed E-state index contributed by atoms with van der Waals surface area (Å²) in [5.74, 6) is 0. The van der Waals surface area contributed by atoms with Crippen molar-refractivity contribution in [3.05, 3.63) is 105 Å². The van der Waals surface area contributed by atoms with E-state index >= 15 is 0 Å². The monoisotopic (exact) mass is 506 g/mol. The lowest BCUT2D eigenvalue weighted by molar-refractivity contribution is 0.596. The maximum absolute atomic E-state index is 13.9. The van der Waals surface area contributed by atoms with Gasteiger partial charge in [-0.1, -0.05) is 107 Å². The van der Waals surface area contributed by atoms with Gasteiger partial charge in [-0.15, -0.1) is 0 Å². The van der Waals surface area contributed by atoms with Gasteiger partial charge in [0, 0.05) is 22.3 Å². The molecule has 7 heteroatoms. The first-order valence-electron chi connectivity index (χ1n) is 9.14. The SMILES string of the molecule is O=S(=O)(c1ccccc1-c1cccc(Cl)c1Cl)c1ccccc1-c1cccc(Cl)c1Cl. The first kappa shape index (κ1) is 22.2. The number of rotatable bonds is 4. The molecule has 4 aromatic rings. The van der Waals surface area contributed by atoms with Gasteiger partial charge in [-0.2, -0.15) is 0 Å².